The summed E-state index contributed by atoms with van der Waals surface area (Å²) in [5.41, 5.74) is 3.78. The van der Waals surface area contributed by atoms with E-state index in [1.807, 2.05) is 0 Å². The fourth-order valence-corrected chi connectivity index (χ4v) is 1.11. The van der Waals surface area contributed by atoms with E-state index in [1.54, 1.807) is 0 Å². The van der Waals surface area contributed by atoms with Crippen molar-refractivity contribution in [3.63, 3.8) is 0 Å². The molecule has 1 aromatic rings. The maximum atomic E-state index is 3.21. The summed E-state index contributed by atoms with van der Waals surface area (Å²) in [4.78, 5) is 0. The first-order chi connectivity index (χ1) is 4.18. The van der Waals surface area contributed by atoms with Crippen molar-refractivity contribution in [1.82, 2.24) is 0 Å². The molecule has 0 unspecified atom stereocenters. The van der Waals surface area contributed by atoms with Gasteiger partial charge >= 0.3 is 23.1 Å². The van der Waals surface area contributed by atoms with E-state index in [1.165, 1.54) is 16.7 Å². The van der Waals surface area contributed by atoms with Gasteiger partial charge in [0, 0.05) is 0 Å². The molecule has 0 saturated heterocycles. The Morgan fingerprint density at radius 2 is 1.36 bits per heavy atom. The predicted molar refractivity (Wildman–Crippen MR) is 45.2 cm³/mol. The number of hydrogen-bond donors (Lipinski definition) is 0. The zero-order chi connectivity index (χ0) is 6.85. The second kappa shape index (κ2) is 6.26. The van der Waals surface area contributed by atoms with Crippen molar-refractivity contribution in [2.45, 2.75) is 20.8 Å². The molecule has 2 heteroatoms. The monoisotopic (exact) mass is 270 g/mol. The summed E-state index contributed by atoms with van der Waals surface area (Å²) in [7, 11) is 0. The molecular formula is C9H11IMg. The molecule has 0 N–H and O–H groups in total. The van der Waals surface area contributed by atoms with Crippen molar-refractivity contribution in [2.75, 3.05) is 0 Å². The molecule has 0 fully saturated rings. The molecule has 11 heavy (non-hydrogen) atoms. The maximum Gasteiger partial charge on any atom is 2.00 e. The number of halogens is 1. The van der Waals surface area contributed by atoms with Gasteiger partial charge in [0.1, 0.15) is 0 Å². The van der Waals surface area contributed by atoms with Gasteiger partial charge in [0.05, 0.1) is 0 Å². The zero-order valence-corrected chi connectivity index (χ0v) is 10.8. The van der Waals surface area contributed by atoms with Crippen LogP contribution in [0.1, 0.15) is 16.7 Å². The molecule has 0 aliphatic heterocycles. The van der Waals surface area contributed by atoms with E-state index in [4.69, 9.17) is 0 Å². The molecule has 1 aromatic carbocycles. The van der Waals surface area contributed by atoms with Gasteiger partial charge in [-0.3, -0.25) is 0 Å². The van der Waals surface area contributed by atoms with E-state index >= 15 is 0 Å². The van der Waals surface area contributed by atoms with Crippen molar-refractivity contribution < 1.29 is 24.0 Å². The standard InChI is InChI=1S/C9H11.HI.Mg/c1-7-4-8(2)6-9(3)5-7;;/h4-5H,1-3H3;1H;/q-1;;+2/p-1. The summed E-state index contributed by atoms with van der Waals surface area (Å²) >= 11 is 0. The van der Waals surface area contributed by atoms with Gasteiger partial charge in [-0.2, -0.15) is 34.9 Å². The van der Waals surface area contributed by atoms with E-state index in [-0.39, 0.29) is 47.0 Å². The molecule has 0 spiro atoms. The molecule has 56 valence electrons. The maximum absolute atomic E-state index is 3.21. The largest absolute Gasteiger partial charge is 2.00 e. The van der Waals surface area contributed by atoms with Crippen molar-refractivity contribution >= 4 is 23.1 Å². The van der Waals surface area contributed by atoms with Crippen LogP contribution in [0.5, 0.6) is 0 Å². The normalized spacial score (nSPS) is 7.91. The van der Waals surface area contributed by atoms with Crippen molar-refractivity contribution in [3.8, 4) is 0 Å². The Balaban J connectivity index is 0. The average Bonchev–Trinajstić information content (AvgIpc) is 1.59. The molecule has 1 rings (SSSR count). The quantitative estimate of drug-likeness (QED) is 0.323. The third kappa shape index (κ3) is 5.03. The summed E-state index contributed by atoms with van der Waals surface area (Å²) in [6, 6.07) is 7.47. The van der Waals surface area contributed by atoms with E-state index in [0.29, 0.717) is 0 Å². The molecule has 0 bridgehead atoms. The van der Waals surface area contributed by atoms with E-state index in [0.717, 1.165) is 0 Å². The van der Waals surface area contributed by atoms with E-state index < -0.39 is 0 Å². The van der Waals surface area contributed by atoms with Crippen molar-refractivity contribution in [2.24, 2.45) is 0 Å². The second-order valence-corrected chi connectivity index (χ2v) is 2.52. The van der Waals surface area contributed by atoms with Crippen molar-refractivity contribution in [3.05, 3.63) is 34.9 Å². The van der Waals surface area contributed by atoms with E-state index in [9.17, 15) is 0 Å². The minimum absolute atomic E-state index is 0. The molecule has 0 aliphatic rings. The summed E-state index contributed by atoms with van der Waals surface area (Å²) < 4.78 is 0. The Morgan fingerprint density at radius 3 is 1.64 bits per heavy atom. The summed E-state index contributed by atoms with van der Waals surface area (Å²) in [6.45, 7) is 6.24. The molecule has 0 aromatic heterocycles. The first-order valence-electron chi connectivity index (χ1n) is 3.15. The van der Waals surface area contributed by atoms with Gasteiger partial charge in [-0.15, -0.1) is 0 Å². The third-order valence-electron chi connectivity index (χ3n) is 1.28. The fourth-order valence-electron chi connectivity index (χ4n) is 1.11. The summed E-state index contributed by atoms with van der Waals surface area (Å²) in [5, 5.41) is 0. The van der Waals surface area contributed by atoms with Crippen LogP contribution in [0, 0.1) is 26.8 Å². The molecule has 0 amide bonds. The number of rotatable bonds is 0. The minimum Gasteiger partial charge on any atom is -1.00 e. The first-order valence-corrected chi connectivity index (χ1v) is 3.15. The Hall–Kier alpha value is 0.716. The number of aryl methyl sites for hydroxylation is 3. The van der Waals surface area contributed by atoms with Crippen LogP contribution < -0.4 is 24.0 Å². The summed E-state index contributed by atoms with van der Waals surface area (Å²) in [5.74, 6) is 0. The van der Waals surface area contributed by atoms with Gasteiger partial charge in [0.15, 0.2) is 0 Å². The van der Waals surface area contributed by atoms with Gasteiger partial charge in [-0.25, -0.2) is 0 Å². The minimum atomic E-state index is 0. The van der Waals surface area contributed by atoms with Crippen LogP contribution in [-0.2, 0) is 0 Å². The average molecular weight is 270 g/mol. The van der Waals surface area contributed by atoms with Crippen LogP contribution in [0.4, 0.5) is 0 Å². The molecule has 0 nitrogen and oxygen atoms in total. The Bertz CT molecular complexity index is 170. The van der Waals surface area contributed by atoms with Crippen molar-refractivity contribution in [1.29, 1.82) is 0 Å². The molecule has 0 radical (unpaired) electrons. The van der Waals surface area contributed by atoms with Crippen LogP contribution in [0.25, 0.3) is 0 Å². The van der Waals surface area contributed by atoms with Crippen LogP contribution in [0.2, 0.25) is 0 Å². The molecular weight excluding hydrogens is 259 g/mol. The second-order valence-electron chi connectivity index (χ2n) is 2.52. The molecule has 0 saturated carbocycles. The van der Waals surface area contributed by atoms with Gasteiger partial charge in [-0.1, -0.05) is 20.8 Å². The topological polar surface area (TPSA) is 0 Å². The Labute approximate surface area is 102 Å². The zero-order valence-electron chi connectivity index (χ0n) is 7.24. The smallest absolute Gasteiger partial charge is 1.00 e. The molecule has 0 heterocycles. The van der Waals surface area contributed by atoms with Gasteiger partial charge in [0.25, 0.3) is 0 Å². The Kier molecular flexibility index (Phi) is 8.11. The van der Waals surface area contributed by atoms with Gasteiger partial charge < -0.3 is 24.0 Å². The Morgan fingerprint density at radius 1 is 1.00 bits per heavy atom. The molecule has 0 aliphatic carbocycles. The van der Waals surface area contributed by atoms with Crippen LogP contribution in [0.15, 0.2) is 12.1 Å². The number of hydrogen-bond acceptors (Lipinski definition) is 0. The van der Waals surface area contributed by atoms with Gasteiger partial charge in [0.2, 0.25) is 0 Å². The molecule has 0 atom stereocenters. The SMILES string of the molecule is Cc1[c-]c(C)cc(C)c1.[I-].[Mg+2]. The van der Waals surface area contributed by atoms with E-state index in [2.05, 4.69) is 39.0 Å². The van der Waals surface area contributed by atoms with Gasteiger partial charge in [-0.05, 0) is 0 Å². The number of benzene rings is 1. The van der Waals surface area contributed by atoms with Crippen LogP contribution in [0.3, 0.4) is 0 Å². The summed E-state index contributed by atoms with van der Waals surface area (Å²) in [6.07, 6.45) is 0. The predicted octanol–water partition coefficient (Wildman–Crippen LogP) is -0.965. The first kappa shape index (κ1) is 14.3. The third-order valence-corrected chi connectivity index (χ3v) is 1.28. The van der Waals surface area contributed by atoms with Crippen LogP contribution in [-0.4, -0.2) is 23.1 Å². The van der Waals surface area contributed by atoms with Crippen LogP contribution >= 0.6 is 0 Å². The fraction of sp³-hybridized carbons (Fsp3) is 0.333.